The van der Waals surface area contributed by atoms with Gasteiger partial charge in [-0.05, 0) is 31.0 Å². The van der Waals surface area contributed by atoms with Crippen LogP contribution in [-0.4, -0.2) is 37.6 Å². The maximum absolute atomic E-state index is 11.6. The van der Waals surface area contributed by atoms with E-state index < -0.39 is 6.04 Å². The Labute approximate surface area is 113 Å². The van der Waals surface area contributed by atoms with Crippen LogP contribution in [0.1, 0.15) is 12.5 Å². The van der Waals surface area contributed by atoms with Crippen LogP contribution in [0.25, 0.3) is 0 Å². The Hall–Kier alpha value is -1.26. The molecule has 0 aliphatic rings. The maximum atomic E-state index is 11.6. The summed E-state index contributed by atoms with van der Waals surface area (Å²) in [6.07, 6.45) is 0.735. The molecule has 0 aliphatic carbocycles. The zero-order valence-electron chi connectivity index (χ0n) is 10.9. The molecule has 1 aromatic rings. The molecule has 0 spiro atoms. The average molecular weight is 271 g/mol. The van der Waals surface area contributed by atoms with Crippen LogP contribution in [-0.2, 0) is 11.2 Å². The molecule has 18 heavy (non-hydrogen) atoms. The summed E-state index contributed by atoms with van der Waals surface area (Å²) in [5, 5.41) is 0.580. The van der Waals surface area contributed by atoms with Crippen LogP contribution in [0.5, 0.6) is 5.75 Å². The summed E-state index contributed by atoms with van der Waals surface area (Å²) in [4.78, 5) is 13.2. The number of carbonyl (C=O) groups is 1. The summed E-state index contributed by atoms with van der Waals surface area (Å²) in [5.41, 5.74) is 6.60. The van der Waals surface area contributed by atoms with Crippen LogP contribution in [0.2, 0.25) is 5.02 Å². The highest BCUT2D eigenvalue weighted by atomic mass is 35.5. The second-order valence-corrected chi connectivity index (χ2v) is 4.67. The van der Waals surface area contributed by atoms with Gasteiger partial charge in [-0.2, -0.15) is 0 Å². The van der Waals surface area contributed by atoms with Crippen molar-refractivity contribution in [2.24, 2.45) is 5.73 Å². The highest BCUT2D eigenvalue weighted by Gasteiger charge is 2.13. The molecule has 0 fully saturated rings. The van der Waals surface area contributed by atoms with Gasteiger partial charge in [0.1, 0.15) is 5.75 Å². The second-order valence-electron chi connectivity index (χ2n) is 4.27. The molecule has 4 nitrogen and oxygen atoms in total. The Morgan fingerprint density at radius 3 is 2.72 bits per heavy atom. The number of nitrogens with zero attached hydrogens (tertiary/aromatic N) is 1. The quantitative estimate of drug-likeness (QED) is 0.886. The molecular formula is C13H19ClN2O2. The molecule has 0 bridgehead atoms. The molecule has 1 rings (SSSR count). The topological polar surface area (TPSA) is 55.6 Å². The number of hydrogen-bond acceptors (Lipinski definition) is 3. The predicted molar refractivity (Wildman–Crippen MR) is 73.0 cm³/mol. The summed E-state index contributed by atoms with van der Waals surface area (Å²) in [6, 6.07) is 5.15. The van der Waals surface area contributed by atoms with E-state index in [1.807, 2.05) is 18.2 Å². The number of rotatable bonds is 5. The van der Waals surface area contributed by atoms with Gasteiger partial charge in [0.25, 0.3) is 0 Å². The van der Waals surface area contributed by atoms with E-state index in [2.05, 4.69) is 0 Å². The van der Waals surface area contributed by atoms with Crippen molar-refractivity contribution in [3.8, 4) is 5.75 Å². The molecule has 1 unspecified atom stereocenters. The molecule has 1 aromatic carbocycles. The highest BCUT2D eigenvalue weighted by molar-refractivity contribution is 6.32. The van der Waals surface area contributed by atoms with Crippen LogP contribution in [0, 0.1) is 0 Å². The first-order valence-corrected chi connectivity index (χ1v) is 6.16. The number of ether oxygens (including phenoxy) is 1. The summed E-state index contributed by atoms with van der Waals surface area (Å²) < 4.78 is 5.08. The Morgan fingerprint density at radius 1 is 1.56 bits per heavy atom. The lowest BCUT2D eigenvalue weighted by molar-refractivity contribution is -0.130. The molecule has 1 atom stereocenters. The van der Waals surface area contributed by atoms with Crippen molar-refractivity contribution >= 4 is 17.5 Å². The molecule has 2 N–H and O–H groups in total. The molecule has 1 amide bonds. The molecule has 0 radical (unpaired) electrons. The number of methoxy groups -OCH3 is 1. The van der Waals surface area contributed by atoms with Crippen molar-refractivity contribution < 1.29 is 9.53 Å². The average Bonchev–Trinajstić information content (AvgIpc) is 2.35. The molecule has 0 saturated heterocycles. The fourth-order valence-corrected chi connectivity index (χ4v) is 1.90. The summed E-state index contributed by atoms with van der Waals surface area (Å²) in [5.74, 6) is 0.593. The van der Waals surface area contributed by atoms with Crippen LogP contribution in [0.3, 0.4) is 0 Å². The van der Waals surface area contributed by atoms with Gasteiger partial charge in [-0.1, -0.05) is 17.7 Å². The first kappa shape index (κ1) is 14.8. The third-order valence-corrected chi connectivity index (χ3v) is 3.01. The van der Waals surface area contributed by atoms with Gasteiger partial charge in [0, 0.05) is 13.6 Å². The minimum atomic E-state index is -0.463. The van der Waals surface area contributed by atoms with Gasteiger partial charge in [-0.3, -0.25) is 4.79 Å². The van der Waals surface area contributed by atoms with Crippen LogP contribution in [0.15, 0.2) is 18.2 Å². The van der Waals surface area contributed by atoms with E-state index in [0.29, 0.717) is 17.3 Å². The number of nitrogens with two attached hydrogens (primary N) is 1. The zero-order valence-corrected chi connectivity index (χ0v) is 11.7. The lowest BCUT2D eigenvalue weighted by Gasteiger charge is -2.19. The molecular weight excluding hydrogens is 252 g/mol. The predicted octanol–water partition coefficient (Wildman–Crippen LogP) is 1.70. The van der Waals surface area contributed by atoms with E-state index in [9.17, 15) is 4.79 Å². The third-order valence-electron chi connectivity index (χ3n) is 2.72. The fourth-order valence-electron chi connectivity index (χ4n) is 1.62. The summed E-state index contributed by atoms with van der Waals surface area (Å²) >= 11 is 6.03. The zero-order chi connectivity index (χ0) is 13.7. The molecule has 0 aromatic heterocycles. The first-order chi connectivity index (χ1) is 8.45. The Balaban J connectivity index is 2.59. The van der Waals surface area contributed by atoms with Crippen LogP contribution >= 0.6 is 11.6 Å². The van der Waals surface area contributed by atoms with Crippen molar-refractivity contribution in [2.75, 3.05) is 20.7 Å². The van der Waals surface area contributed by atoms with Crippen molar-refractivity contribution in [1.82, 2.24) is 4.90 Å². The summed E-state index contributed by atoms with van der Waals surface area (Å²) in [6.45, 7) is 2.30. The van der Waals surface area contributed by atoms with Crippen molar-refractivity contribution in [2.45, 2.75) is 19.4 Å². The Kier molecular flexibility index (Phi) is 5.44. The normalized spacial score (nSPS) is 12.1. The largest absolute Gasteiger partial charge is 0.495 e. The fraction of sp³-hybridized carbons (Fsp3) is 0.462. The first-order valence-electron chi connectivity index (χ1n) is 5.78. The monoisotopic (exact) mass is 270 g/mol. The van der Waals surface area contributed by atoms with Gasteiger partial charge < -0.3 is 15.4 Å². The van der Waals surface area contributed by atoms with Gasteiger partial charge in [0.2, 0.25) is 5.91 Å². The van der Waals surface area contributed by atoms with Gasteiger partial charge in [0.15, 0.2) is 0 Å². The molecule has 0 aliphatic heterocycles. The molecule has 0 saturated carbocycles. The van der Waals surface area contributed by atoms with Crippen LogP contribution in [0.4, 0.5) is 0 Å². The molecule has 5 heteroatoms. The van der Waals surface area contributed by atoms with Crippen LogP contribution < -0.4 is 10.5 Å². The smallest absolute Gasteiger partial charge is 0.238 e. The number of likely N-dealkylation sites (N-methyl/N-ethyl adjacent to an activating group) is 1. The number of benzene rings is 1. The maximum Gasteiger partial charge on any atom is 0.238 e. The second kappa shape index (κ2) is 6.61. The van der Waals surface area contributed by atoms with Crippen molar-refractivity contribution in [3.63, 3.8) is 0 Å². The number of halogens is 1. The summed E-state index contributed by atoms with van der Waals surface area (Å²) in [7, 11) is 3.33. The van der Waals surface area contributed by atoms with E-state index >= 15 is 0 Å². The minimum absolute atomic E-state index is 0.0605. The van der Waals surface area contributed by atoms with E-state index in [4.69, 9.17) is 22.1 Å². The van der Waals surface area contributed by atoms with E-state index in [1.165, 1.54) is 0 Å². The Bertz CT molecular complexity index is 421. The van der Waals surface area contributed by atoms with E-state index in [-0.39, 0.29) is 5.91 Å². The standard InChI is InChI=1S/C13H19ClN2O2/c1-9(15)13(17)16(2)7-6-10-4-5-12(18-3)11(14)8-10/h4-5,8-9H,6-7,15H2,1-3H3. The van der Waals surface area contributed by atoms with Crippen molar-refractivity contribution in [1.29, 1.82) is 0 Å². The van der Waals surface area contributed by atoms with E-state index in [1.54, 1.807) is 26.0 Å². The van der Waals surface area contributed by atoms with Crippen molar-refractivity contribution in [3.05, 3.63) is 28.8 Å². The third kappa shape index (κ3) is 3.89. The Morgan fingerprint density at radius 2 is 2.22 bits per heavy atom. The number of amides is 1. The number of hydrogen-bond donors (Lipinski definition) is 1. The van der Waals surface area contributed by atoms with Gasteiger partial charge in [0.05, 0.1) is 18.2 Å². The van der Waals surface area contributed by atoms with Gasteiger partial charge in [-0.25, -0.2) is 0 Å². The SMILES string of the molecule is COc1ccc(CCN(C)C(=O)C(C)N)cc1Cl. The minimum Gasteiger partial charge on any atom is -0.495 e. The lowest BCUT2D eigenvalue weighted by Crippen LogP contribution is -2.40. The molecule has 0 heterocycles. The highest BCUT2D eigenvalue weighted by Crippen LogP contribution is 2.25. The number of carbonyl (C=O) groups excluding carboxylic acids is 1. The van der Waals surface area contributed by atoms with Gasteiger partial charge >= 0.3 is 0 Å². The molecule has 100 valence electrons. The van der Waals surface area contributed by atoms with E-state index in [0.717, 1.165) is 12.0 Å². The lowest BCUT2D eigenvalue weighted by atomic mass is 10.1. The van der Waals surface area contributed by atoms with Gasteiger partial charge in [-0.15, -0.1) is 0 Å².